The predicted molar refractivity (Wildman–Crippen MR) is 112 cm³/mol. The summed E-state index contributed by atoms with van der Waals surface area (Å²) in [5.74, 6) is 1.26. The number of nitrogens with zero attached hydrogens (tertiary/aromatic N) is 3. The zero-order valence-corrected chi connectivity index (χ0v) is 15.3. The first kappa shape index (κ1) is 17.5. The quantitative estimate of drug-likeness (QED) is 0.204. The van der Waals surface area contributed by atoms with Crippen molar-refractivity contribution >= 4 is 28.1 Å². The minimum atomic E-state index is 0.483. The highest BCUT2D eigenvalue weighted by Crippen LogP contribution is 2.22. The van der Waals surface area contributed by atoms with Crippen LogP contribution in [0, 0.1) is 0 Å². The normalized spacial score (nSPS) is 11.8. The highest BCUT2D eigenvalue weighted by atomic mass is 16.5. The van der Waals surface area contributed by atoms with E-state index in [1.54, 1.807) is 7.11 Å². The number of H-pyrrole nitrogens is 1. The van der Waals surface area contributed by atoms with E-state index in [1.165, 1.54) is 0 Å². The molecule has 6 heteroatoms. The van der Waals surface area contributed by atoms with E-state index in [1.807, 2.05) is 85.1 Å². The van der Waals surface area contributed by atoms with Crippen molar-refractivity contribution in [3.8, 4) is 5.75 Å². The maximum absolute atomic E-state index is 5.18. The Morgan fingerprint density at radius 3 is 2.43 bits per heavy atom. The molecule has 0 saturated carbocycles. The highest BCUT2D eigenvalue weighted by Gasteiger charge is 2.10. The van der Waals surface area contributed by atoms with Gasteiger partial charge >= 0.3 is 0 Å². The summed E-state index contributed by atoms with van der Waals surface area (Å²) in [6.07, 6.45) is 1.89. The van der Waals surface area contributed by atoms with Gasteiger partial charge < -0.3 is 9.72 Å². The molecule has 2 N–H and O–H groups in total. The fourth-order valence-corrected chi connectivity index (χ4v) is 2.78. The zero-order valence-electron chi connectivity index (χ0n) is 15.3. The van der Waals surface area contributed by atoms with Crippen LogP contribution in [0.4, 0.5) is 11.4 Å². The van der Waals surface area contributed by atoms with E-state index in [2.05, 4.69) is 25.7 Å². The molecule has 0 aliphatic carbocycles. The number of ether oxygens (including phenoxy) is 1. The Bertz CT molecular complexity index is 1110. The van der Waals surface area contributed by atoms with E-state index in [-0.39, 0.29) is 0 Å². The molecule has 0 aliphatic heterocycles. The molecule has 0 amide bonds. The van der Waals surface area contributed by atoms with Crippen LogP contribution >= 0.6 is 0 Å². The summed E-state index contributed by atoms with van der Waals surface area (Å²) in [7, 11) is 1.63. The lowest BCUT2D eigenvalue weighted by molar-refractivity contribution is 0.415. The number of benzene rings is 3. The van der Waals surface area contributed by atoms with E-state index in [0.29, 0.717) is 11.5 Å². The van der Waals surface area contributed by atoms with E-state index in [0.717, 1.165) is 27.9 Å². The Balaban J connectivity index is 1.69. The summed E-state index contributed by atoms with van der Waals surface area (Å²) in [6.45, 7) is 0. The standard InChI is InChI=1S/C22H19N5O/c1-28-18-13-11-17(12-14-18)25-27-22(26-24-16-7-3-2-4-8-16)20-15-23-21-10-6-5-9-19(20)21/h2-15,23-24H,1H3/b26-22+,27-25?. The summed E-state index contributed by atoms with van der Waals surface area (Å²) < 4.78 is 5.18. The van der Waals surface area contributed by atoms with Crippen molar-refractivity contribution in [3.05, 3.63) is 90.6 Å². The number of hydrogen-bond donors (Lipinski definition) is 2. The van der Waals surface area contributed by atoms with Gasteiger partial charge in [0.05, 0.1) is 18.5 Å². The molecule has 0 atom stereocenters. The number of amidine groups is 1. The highest BCUT2D eigenvalue weighted by molar-refractivity contribution is 6.10. The number of hydrazone groups is 1. The van der Waals surface area contributed by atoms with E-state index in [9.17, 15) is 0 Å². The summed E-state index contributed by atoms with van der Waals surface area (Å²) in [5.41, 5.74) is 6.53. The zero-order chi connectivity index (χ0) is 19.2. The number of fused-ring (bicyclic) bond motifs is 1. The van der Waals surface area contributed by atoms with E-state index >= 15 is 0 Å². The average molecular weight is 369 g/mol. The maximum Gasteiger partial charge on any atom is 0.203 e. The van der Waals surface area contributed by atoms with Crippen LogP contribution in [-0.4, -0.2) is 17.9 Å². The molecule has 4 aromatic rings. The smallest absolute Gasteiger partial charge is 0.203 e. The number of aromatic nitrogens is 1. The Morgan fingerprint density at radius 2 is 1.64 bits per heavy atom. The van der Waals surface area contributed by atoms with Gasteiger partial charge in [0.25, 0.3) is 0 Å². The van der Waals surface area contributed by atoms with Crippen LogP contribution in [0.2, 0.25) is 0 Å². The Morgan fingerprint density at radius 1 is 0.893 bits per heavy atom. The van der Waals surface area contributed by atoms with Crippen molar-refractivity contribution in [2.45, 2.75) is 0 Å². The van der Waals surface area contributed by atoms with Crippen molar-refractivity contribution in [2.75, 3.05) is 12.5 Å². The lowest BCUT2D eigenvalue weighted by Gasteiger charge is -2.03. The molecular weight excluding hydrogens is 350 g/mol. The van der Waals surface area contributed by atoms with Crippen molar-refractivity contribution in [1.82, 2.24) is 4.98 Å². The fourth-order valence-electron chi connectivity index (χ4n) is 2.78. The average Bonchev–Trinajstić information content (AvgIpc) is 3.19. The van der Waals surface area contributed by atoms with Crippen molar-refractivity contribution in [3.63, 3.8) is 0 Å². The molecule has 0 fully saturated rings. The van der Waals surface area contributed by atoms with E-state index < -0.39 is 0 Å². The predicted octanol–water partition coefficient (Wildman–Crippen LogP) is 5.73. The molecule has 1 aromatic heterocycles. The van der Waals surface area contributed by atoms with Gasteiger partial charge in [0.15, 0.2) is 0 Å². The monoisotopic (exact) mass is 369 g/mol. The van der Waals surface area contributed by atoms with Gasteiger partial charge in [-0.3, -0.25) is 5.43 Å². The molecule has 3 aromatic carbocycles. The minimum Gasteiger partial charge on any atom is -0.497 e. The molecular formula is C22H19N5O. The number of aromatic amines is 1. The lowest BCUT2D eigenvalue weighted by Crippen LogP contribution is -2.00. The first-order valence-electron chi connectivity index (χ1n) is 8.84. The molecule has 0 spiro atoms. The van der Waals surface area contributed by atoms with Crippen LogP contribution in [0.25, 0.3) is 10.9 Å². The third-order valence-electron chi connectivity index (χ3n) is 4.23. The number of nitrogens with one attached hydrogen (secondary N) is 2. The molecule has 4 rings (SSSR count). The largest absolute Gasteiger partial charge is 0.497 e. The van der Waals surface area contributed by atoms with Gasteiger partial charge in [0, 0.05) is 22.7 Å². The fraction of sp³-hybridized carbons (Fsp3) is 0.0455. The topological polar surface area (TPSA) is 74.1 Å². The van der Waals surface area contributed by atoms with Crippen LogP contribution in [-0.2, 0) is 0 Å². The van der Waals surface area contributed by atoms with Gasteiger partial charge in [0.1, 0.15) is 5.75 Å². The second kappa shape index (κ2) is 8.18. The number of azo groups is 1. The lowest BCUT2D eigenvalue weighted by atomic mass is 10.1. The molecule has 0 bridgehead atoms. The van der Waals surface area contributed by atoms with Gasteiger partial charge in [-0.05, 0) is 42.5 Å². The minimum absolute atomic E-state index is 0.483. The molecule has 28 heavy (non-hydrogen) atoms. The Labute approximate surface area is 162 Å². The third kappa shape index (κ3) is 3.91. The van der Waals surface area contributed by atoms with E-state index in [4.69, 9.17) is 4.74 Å². The van der Waals surface area contributed by atoms with Crippen LogP contribution in [0.1, 0.15) is 5.56 Å². The molecule has 0 unspecified atom stereocenters. The summed E-state index contributed by atoms with van der Waals surface area (Å²) >= 11 is 0. The third-order valence-corrected chi connectivity index (χ3v) is 4.23. The summed E-state index contributed by atoms with van der Waals surface area (Å²) in [6, 6.07) is 25.1. The Hall–Kier alpha value is -3.93. The van der Waals surface area contributed by atoms with Crippen LogP contribution in [0.3, 0.4) is 0 Å². The molecule has 138 valence electrons. The number of hydrogen-bond acceptors (Lipinski definition) is 4. The summed E-state index contributed by atoms with van der Waals surface area (Å²) in [5, 5.41) is 14.3. The molecule has 0 aliphatic rings. The maximum atomic E-state index is 5.18. The summed E-state index contributed by atoms with van der Waals surface area (Å²) in [4.78, 5) is 3.25. The number of para-hydroxylation sites is 2. The van der Waals surface area contributed by atoms with Crippen molar-refractivity contribution < 1.29 is 4.74 Å². The SMILES string of the molecule is COc1ccc(N=N/C(=N/Nc2ccccc2)c2c[nH]c3ccccc23)cc1. The van der Waals surface area contributed by atoms with Gasteiger partial charge in [-0.25, -0.2) is 0 Å². The second-order valence-corrected chi connectivity index (χ2v) is 6.06. The number of methoxy groups -OCH3 is 1. The molecule has 0 saturated heterocycles. The Kier molecular flexibility index (Phi) is 5.11. The van der Waals surface area contributed by atoms with Crippen molar-refractivity contribution in [2.24, 2.45) is 15.3 Å². The first-order valence-corrected chi connectivity index (χ1v) is 8.84. The van der Waals surface area contributed by atoms with Crippen molar-refractivity contribution in [1.29, 1.82) is 0 Å². The number of rotatable bonds is 5. The molecule has 1 heterocycles. The van der Waals surface area contributed by atoms with Gasteiger partial charge in [-0.1, -0.05) is 36.4 Å². The molecule has 0 radical (unpaired) electrons. The second-order valence-electron chi connectivity index (χ2n) is 6.06. The number of anilines is 1. The van der Waals surface area contributed by atoms with Crippen LogP contribution in [0.5, 0.6) is 5.75 Å². The van der Waals surface area contributed by atoms with Gasteiger partial charge in [-0.2, -0.15) is 5.10 Å². The van der Waals surface area contributed by atoms with Crippen LogP contribution < -0.4 is 10.2 Å². The molecule has 6 nitrogen and oxygen atoms in total. The first-order chi connectivity index (χ1) is 13.8. The van der Waals surface area contributed by atoms with Crippen LogP contribution in [0.15, 0.2) is 100 Å². The van der Waals surface area contributed by atoms with Gasteiger partial charge in [0.2, 0.25) is 5.84 Å². The van der Waals surface area contributed by atoms with Gasteiger partial charge in [-0.15, -0.1) is 10.2 Å².